The Bertz CT molecular complexity index is 756. The number of nitrogens with one attached hydrogen (secondary N) is 1. The molecule has 1 aliphatic rings. The van der Waals surface area contributed by atoms with Gasteiger partial charge in [-0.1, -0.05) is 18.2 Å². The van der Waals surface area contributed by atoms with Crippen LogP contribution in [-0.2, 0) is 11.3 Å². The summed E-state index contributed by atoms with van der Waals surface area (Å²) >= 11 is 0. The van der Waals surface area contributed by atoms with E-state index in [9.17, 15) is 14.0 Å². The van der Waals surface area contributed by atoms with Crippen molar-refractivity contribution in [1.82, 2.24) is 10.2 Å². The second kappa shape index (κ2) is 7.90. The molecule has 0 radical (unpaired) electrons. The molecule has 5 nitrogen and oxygen atoms in total. The number of hydrogen-bond donors (Lipinski definition) is 1. The van der Waals surface area contributed by atoms with Gasteiger partial charge in [0.25, 0.3) is 11.8 Å². The number of carbonyl (C=O) groups excluding carboxylic acids is 2. The third-order valence-corrected chi connectivity index (χ3v) is 4.04. The zero-order valence-electron chi connectivity index (χ0n) is 13.7. The summed E-state index contributed by atoms with van der Waals surface area (Å²) in [5.41, 5.74) is 1.70. The predicted octanol–water partition coefficient (Wildman–Crippen LogP) is 2.23. The van der Waals surface area contributed by atoms with Gasteiger partial charge in [-0.3, -0.25) is 9.59 Å². The highest BCUT2D eigenvalue weighted by Gasteiger charge is 2.19. The van der Waals surface area contributed by atoms with Gasteiger partial charge in [0.05, 0.1) is 13.2 Å². The Kier molecular flexibility index (Phi) is 5.40. The summed E-state index contributed by atoms with van der Waals surface area (Å²) in [6.07, 6.45) is 0. The van der Waals surface area contributed by atoms with Gasteiger partial charge in [0.15, 0.2) is 0 Å². The topological polar surface area (TPSA) is 58.6 Å². The lowest BCUT2D eigenvalue weighted by Crippen LogP contribution is -2.40. The molecule has 0 aliphatic carbocycles. The highest BCUT2D eigenvalue weighted by atomic mass is 19.1. The molecular weight excluding hydrogens is 323 g/mol. The van der Waals surface area contributed by atoms with Gasteiger partial charge in [-0.25, -0.2) is 4.39 Å². The molecule has 2 amide bonds. The van der Waals surface area contributed by atoms with Crippen LogP contribution >= 0.6 is 0 Å². The number of carbonyl (C=O) groups is 2. The minimum atomic E-state index is -0.315. The SMILES string of the molecule is O=C(NCc1ccc(F)cc1)c1cccc(C(=O)N2CCOCC2)c1. The van der Waals surface area contributed by atoms with Crippen molar-refractivity contribution < 1.29 is 18.7 Å². The van der Waals surface area contributed by atoms with Crippen LogP contribution < -0.4 is 5.32 Å². The third-order valence-electron chi connectivity index (χ3n) is 4.04. The number of benzene rings is 2. The Morgan fingerprint density at radius 2 is 1.72 bits per heavy atom. The summed E-state index contributed by atoms with van der Waals surface area (Å²) in [5.74, 6) is -0.693. The van der Waals surface area contributed by atoms with Crippen molar-refractivity contribution in [2.24, 2.45) is 0 Å². The molecule has 0 spiro atoms. The van der Waals surface area contributed by atoms with Gasteiger partial charge in [-0.15, -0.1) is 0 Å². The molecule has 2 aromatic carbocycles. The fourth-order valence-corrected chi connectivity index (χ4v) is 2.63. The summed E-state index contributed by atoms with van der Waals surface area (Å²) in [7, 11) is 0. The van der Waals surface area contributed by atoms with Gasteiger partial charge in [-0.05, 0) is 35.9 Å². The maximum absolute atomic E-state index is 12.9. The van der Waals surface area contributed by atoms with Crippen molar-refractivity contribution in [2.75, 3.05) is 26.3 Å². The van der Waals surface area contributed by atoms with Crippen LogP contribution in [0.1, 0.15) is 26.3 Å². The molecule has 3 rings (SSSR count). The largest absolute Gasteiger partial charge is 0.378 e. The van der Waals surface area contributed by atoms with Crippen LogP contribution in [0, 0.1) is 5.82 Å². The zero-order chi connectivity index (χ0) is 17.6. The molecule has 0 unspecified atom stereocenters. The highest BCUT2D eigenvalue weighted by Crippen LogP contribution is 2.11. The van der Waals surface area contributed by atoms with E-state index in [1.807, 2.05) is 0 Å². The number of halogens is 1. The molecule has 1 fully saturated rings. The summed E-state index contributed by atoms with van der Waals surface area (Å²) in [6, 6.07) is 12.6. The van der Waals surface area contributed by atoms with Gasteiger partial charge >= 0.3 is 0 Å². The van der Waals surface area contributed by atoms with Crippen molar-refractivity contribution in [1.29, 1.82) is 0 Å². The Labute approximate surface area is 145 Å². The average Bonchev–Trinajstić information content (AvgIpc) is 2.67. The first-order valence-electron chi connectivity index (χ1n) is 8.13. The Balaban J connectivity index is 1.64. The maximum atomic E-state index is 12.9. The van der Waals surface area contributed by atoms with Gasteiger partial charge in [-0.2, -0.15) is 0 Å². The van der Waals surface area contributed by atoms with Crippen molar-refractivity contribution in [3.05, 3.63) is 71.0 Å². The number of hydrogen-bond acceptors (Lipinski definition) is 3. The Hall–Kier alpha value is -2.73. The number of amides is 2. The van der Waals surface area contributed by atoms with Crippen molar-refractivity contribution >= 4 is 11.8 Å². The first kappa shape index (κ1) is 17.1. The minimum Gasteiger partial charge on any atom is -0.378 e. The summed E-state index contributed by atoms with van der Waals surface area (Å²) in [6.45, 7) is 2.47. The van der Waals surface area contributed by atoms with Crippen LogP contribution in [0.3, 0.4) is 0 Å². The number of morpholine rings is 1. The van der Waals surface area contributed by atoms with Crippen molar-refractivity contribution in [3.63, 3.8) is 0 Å². The summed E-state index contributed by atoms with van der Waals surface area (Å²) in [4.78, 5) is 26.5. The Morgan fingerprint density at radius 1 is 1.04 bits per heavy atom. The second-order valence-electron chi connectivity index (χ2n) is 5.79. The number of ether oxygens (including phenoxy) is 1. The van der Waals surface area contributed by atoms with Gasteiger partial charge in [0.2, 0.25) is 0 Å². The molecule has 1 aliphatic heterocycles. The van der Waals surface area contributed by atoms with E-state index in [1.54, 1.807) is 41.3 Å². The van der Waals surface area contributed by atoms with Gasteiger partial charge in [0, 0.05) is 30.8 Å². The molecule has 1 heterocycles. The lowest BCUT2D eigenvalue weighted by Gasteiger charge is -2.27. The van der Waals surface area contributed by atoms with Gasteiger partial charge < -0.3 is 15.0 Å². The van der Waals surface area contributed by atoms with E-state index in [4.69, 9.17) is 4.74 Å². The average molecular weight is 342 g/mol. The fourth-order valence-electron chi connectivity index (χ4n) is 2.63. The predicted molar refractivity (Wildman–Crippen MR) is 90.7 cm³/mol. The van der Waals surface area contributed by atoms with Crippen LogP contribution in [0.5, 0.6) is 0 Å². The lowest BCUT2D eigenvalue weighted by molar-refractivity contribution is 0.0303. The molecular formula is C19H19FN2O3. The van der Waals surface area contributed by atoms with E-state index in [0.29, 0.717) is 44.0 Å². The van der Waals surface area contributed by atoms with E-state index in [1.165, 1.54) is 12.1 Å². The smallest absolute Gasteiger partial charge is 0.254 e. The van der Waals surface area contributed by atoms with Crippen LogP contribution in [0.4, 0.5) is 4.39 Å². The fraction of sp³-hybridized carbons (Fsp3) is 0.263. The molecule has 6 heteroatoms. The molecule has 0 atom stereocenters. The van der Waals surface area contributed by atoms with E-state index in [0.717, 1.165) is 5.56 Å². The standard InChI is InChI=1S/C19H19FN2O3/c20-17-6-4-14(5-7-17)13-21-18(23)15-2-1-3-16(12-15)19(24)22-8-10-25-11-9-22/h1-7,12H,8-11,13H2,(H,21,23). The van der Waals surface area contributed by atoms with Crippen LogP contribution in [0.15, 0.2) is 48.5 Å². The van der Waals surface area contributed by atoms with E-state index >= 15 is 0 Å². The maximum Gasteiger partial charge on any atom is 0.254 e. The molecule has 1 saturated heterocycles. The molecule has 130 valence electrons. The number of nitrogens with zero attached hydrogens (tertiary/aromatic N) is 1. The first-order chi connectivity index (χ1) is 12.1. The van der Waals surface area contributed by atoms with E-state index < -0.39 is 0 Å². The van der Waals surface area contributed by atoms with Gasteiger partial charge in [0.1, 0.15) is 5.82 Å². The van der Waals surface area contributed by atoms with E-state index in [2.05, 4.69) is 5.32 Å². The quantitative estimate of drug-likeness (QED) is 0.927. The first-order valence-corrected chi connectivity index (χ1v) is 8.13. The summed E-state index contributed by atoms with van der Waals surface area (Å²) in [5, 5.41) is 2.77. The van der Waals surface area contributed by atoms with Crippen LogP contribution in [0.2, 0.25) is 0 Å². The molecule has 0 bridgehead atoms. The second-order valence-corrected chi connectivity index (χ2v) is 5.79. The van der Waals surface area contributed by atoms with E-state index in [-0.39, 0.29) is 17.6 Å². The lowest BCUT2D eigenvalue weighted by atomic mass is 10.1. The Morgan fingerprint density at radius 3 is 2.44 bits per heavy atom. The molecule has 0 saturated carbocycles. The van der Waals surface area contributed by atoms with Crippen molar-refractivity contribution in [2.45, 2.75) is 6.54 Å². The van der Waals surface area contributed by atoms with Crippen LogP contribution in [0.25, 0.3) is 0 Å². The molecule has 1 N–H and O–H groups in total. The minimum absolute atomic E-state index is 0.100. The summed E-state index contributed by atoms with van der Waals surface area (Å²) < 4.78 is 18.1. The van der Waals surface area contributed by atoms with Crippen LogP contribution in [-0.4, -0.2) is 43.0 Å². The van der Waals surface area contributed by atoms with Crippen molar-refractivity contribution in [3.8, 4) is 0 Å². The molecule has 0 aromatic heterocycles. The number of rotatable bonds is 4. The molecule has 2 aromatic rings. The monoisotopic (exact) mass is 342 g/mol. The molecule has 25 heavy (non-hydrogen) atoms. The highest BCUT2D eigenvalue weighted by molar-refractivity contribution is 5.99. The zero-order valence-corrected chi connectivity index (χ0v) is 13.7. The normalized spacial score (nSPS) is 14.2. The third kappa shape index (κ3) is 4.42.